The number of likely N-dealkylation sites (tertiary alicyclic amines) is 1. The van der Waals surface area contributed by atoms with Gasteiger partial charge in [-0.1, -0.05) is 12.1 Å². The van der Waals surface area contributed by atoms with Crippen LogP contribution in [-0.2, 0) is 20.9 Å². The van der Waals surface area contributed by atoms with Crippen LogP contribution in [0.15, 0.2) is 24.3 Å². The lowest BCUT2D eigenvalue weighted by Gasteiger charge is -2.32. The van der Waals surface area contributed by atoms with Crippen molar-refractivity contribution in [1.82, 2.24) is 4.90 Å². The number of esters is 1. The second-order valence-corrected chi connectivity index (χ2v) is 5.43. The van der Waals surface area contributed by atoms with Crippen molar-refractivity contribution < 1.29 is 23.0 Å². The van der Waals surface area contributed by atoms with Gasteiger partial charge < -0.3 is 9.47 Å². The minimum Gasteiger partial charge on any atom is -0.467 e. The van der Waals surface area contributed by atoms with Gasteiger partial charge in [0, 0.05) is 19.6 Å². The number of hydrogen-bond acceptors (Lipinski definition) is 4. The number of hydrogen-bond donors (Lipinski definition) is 0. The normalized spacial score (nSPS) is 18.1. The predicted octanol–water partition coefficient (Wildman–Crippen LogP) is 2.32. The standard InChI is InChI=1S/C16H21F2NO3/c1-21-16(20)15(18)10-19-8-6-14(7-9-19)22-11-12-2-4-13(17)5-3-12/h2-5,14-15H,6-11H2,1H3/t15-/m1/s1. The minimum atomic E-state index is -1.60. The maximum Gasteiger partial charge on any atom is 0.341 e. The molecule has 0 unspecified atom stereocenters. The maximum absolute atomic E-state index is 13.5. The minimum absolute atomic E-state index is 0.0668. The van der Waals surface area contributed by atoms with E-state index in [1.165, 1.54) is 19.2 Å². The number of methoxy groups -OCH3 is 1. The van der Waals surface area contributed by atoms with Crippen LogP contribution in [0.1, 0.15) is 18.4 Å². The average molecular weight is 313 g/mol. The van der Waals surface area contributed by atoms with Crippen LogP contribution in [0.5, 0.6) is 0 Å². The largest absolute Gasteiger partial charge is 0.467 e. The monoisotopic (exact) mass is 313 g/mol. The molecule has 0 radical (unpaired) electrons. The second kappa shape index (κ2) is 8.19. The van der Waals surface area contributed by atoms with E-state index in [2.05, 4.69) is 4.74 Å². The summed E-state index contributed by atoms with van der Waals surface area (Å²) in [6.45, 7) is 1.88. The maximum atomic E-state index is 13.5. The molecule has 4 nitrogen and oxygen atoms in total. The molecule has 122 valence electrons. The molecule has 0 aliphatic carbocycles. The SMILES string of the molecule is COC(=O)[C@H](F)CN1CCC(OCc2ccc(F)cc2)CC1. The van der Waals surface area contributed by atoms with Crippen LogP contribution >= 0.6 is 0 Å². The van der Waals surface area contributed by atoms with Crippen LogP contribution in [-0.4, -0.2) is 49.9 Å². The molecule has 1 heterocycles. The first kappa shape index (κ1) is 16.8. The third-order valence-electron chi connectivity index (χ3n) is 3.81. The van der Waals surface area contributed by atoms with Gasteiger partial charge in [0.1, 0.15) is 5.82 Å². The highest BCUT2D eigenvalue weighted by atomic mass is 19.1. The molecule has 1 atom stereocenters. The summed E-state index contributed by atoms with van der Waals surface area (Å²) in [5.74, 6) is -1.09. The summed E-state index contributed by atoms with van der Waals surface area (Å²) < 4.78 is 36.5. The van der Waals surface area contributed by atoms with Crippen molar-refractivity contribution in [3.63, 3.8) is 0 Å². The Morgan fingerprint density at radius 1 is 1.32 bits per heavy atom. The van der Waals surface area contributed by atoms with Crippen LogP contribution in [0.4, 0.5) is 8.78 Å². The van der Waals surface area contributed by atoms with E-state index in [0.717, 1.165) is 18.4 Å². The number of rotatable bonds is 6. The van der Waals surface area contributed by atoms with E-state index in [-0.39, 0.29) is 18.5 Å². The summed E-state index contributed by atoms with van der Waals surface area (Å²) in [6, 6.07) is 6.23. The van der Waals surface area contributed by atoms with Gasteiger partial charge in [0.25, 0.3) is 0 Å². The predicted molar refractivity (Wildman–Crippen MR) is 77.6 cm³/mol. The third-order valence-corrected chi connectivity index (χ3v) is 3.81. The molecule has 0 amide bonds. The fraction of sp³-hybridized carbons (Fsp3) is 0.562. The Labute approximate surface area is 129 Å². The Morgan fingerprint density at radius 2 is 1.95 bits per heavy atom. The number of piperidine rings is 1. The van der Waals surface area contributed by atoms with Gasteiger partial charge in [0.15, 0.2) is 0 Å². The molecule has 1 aromatic carbocycles. The smallest absolute Gasteiger partial charge is 0.341 e. The van der Waals surface area contributed by atoms with Crippen LogP contribution < -0.4 is 0 Å². The van der Waals surface area contributed by atoms with Crippen molar-refractivity contribution in [3.05, 3.63) is 35.6 Å². The Morgan fingerprint density at radius 3 is 2.55 bits per heavy atom. The fourth-order valence-corrected chi connectivity index (χ4v) is 2.48. The lowest BCUT2D eigenvalue weighted by atomic mass is 10.1. The summed E-state index contributed by atoms with van der Waals surface area (Å²) in [6.07, 6.45) is 0.0867. The summed E-state index contributed by atoms with van der Waals surface area (Å²) in [7, 11) is 1.18. The molecular weight excluding hydrogens is 292 g/mol. The molecular formula is C16H21F2NO3. The molecule has 1 aliphatic rings. The molecule has 0 spiro atoms. The zero-order chi connectivity index (χ0) is 15.9. The summed E-state index contributed by atoms with van der Waals surface area (Å²) in [4.78, 5) is 13.0. The number of benzene rings is 1. The zero-order valence-corrected chi connectivity index (χ0v) is 12.6. The van der Waals surface area contributed by atoms with Gasteiger partial charge in [-0.25, -0.2) is 13.6 Å². The van der Waals surface area contributed by atoms with Crippen molar-refractivity contribution in [3.8, 4) is 0 Å². The third kappa shape index (κ3) is 5.03. The Hall–Kier alpha value is -1.53. The Balaban J connectivity index is 1.68. The van der Waals surface area contributed by atoms with Crippen LogP contribution in [0.25, 0.3) is 0 Å². The topological polar surface area (TPSA) is 38.8 Å². The molecule has 1 saturated heterocycles. The summed E-state index contributed by atoms with van der Waals surface area (Å²) in [5.41, 5.74) is 0.929. The highest BCUT2D eigenvalue weighted by molar-refractivity contribution is 5.74. The Bertz CT molecular complexity index is 473. The van der Waals surface area contributed by atoms with Gasteiger partial charge in [0.2, 0.25) is 6.17 Å². The molecule has 6 heteroatoms. The molecule has 22 heavy (non-hydrogen) atoms. The van der Waals surface area contributed by atoms with Crippen molar-refractivity contribution in [2.24, 2.45) is 0 Å². The number of halogens is 2. The number of nitrogens with zero attached hydrogens (tertiary/aromatic N) is 1. The zero-order valence-electron chi connectivity index (χ0n) is 12.6. The fourth-order valence-electron chi connectivity index (χ4n) is 2.48. The van der Waals surface area contributed by atoms with E-state index < -0.39 is 12.1 Å². The van der Waals surface area contributed by atoms with Crippen molar-refractivity contribution in [2.75, 3.05) is 26.7 Å². The number of carbonyl (C=O) groups is 1. The summed E-state index contributed by atoms with van der Waals surface area (Å²) in [5, 5.41) is 0. The number of alkyl halides is 1. The van der Waals surface area contributed by atoms with Gasteiger partial charge >= 0.3 is 5.97 Å². The first-order valence-electron chi connectivity index (χ1n) is 7.39. The molecule has 2 rings (SSSR count). The lowest BCUT2D eigenvalue weighted by molar-refractivity contribution is -0.147. The number of ether oxygens (including phenoxy) is 2. The van der Waals surface area contributed by atoms with Gasteiger partial charge in [-0.2, -0.15) is 0 Å². The molecule has 1 aromatic rings. The summed E-state index contributed by atoms with van der Waals surface area (Å²) >= 11 is 0. The average Bonchev–Trinajstić information content (AvgIpc) is 2.55. The van der Waals surface area contributed by atoms with Gasteiger partial charge in [0.05, 0.1) is 19.8 Å². The van der Waals surface area contributed by atoms with Crippen LogP contribution in [0.3, 0.4) is 0 Å². The molecule has 1 aliphatic heterocycles. The van der Waals surface area contributed by atoms with E-state index in [0.29, 0.717) is 19.7 Å². The molecule has 0 N–H and O–H groups in total. The van der Waals surface area contributed by atoms with Gasteiger partial charge in [-0.15, -0.1) is 0 Å². The number of carbonyl (C=O) groups excluding carboxylic acids is 1. The van der Waals surface area contributed by atoms with E-state index in [1.54, 1.807) is 12.1 Å². The van der Waals surface area contributed by atoms with E-state index in [1.807, 2.05) is 4.90 Å². The van der Waals surface area contributed by atoms with Crippen molar-refractivity contribution in [2.45, 2.75) is 31.7 Å². The first-order valence-corrected chi connectivity index (χ1v) is 7.39. The lowest BCUT2D eigenvalue weighted by Crippen LogP contribution is -2.42. The Kier molecular flexibility index (Phi) is 6.27. The molecule has 0 aromatic heterocycles. The molecule has 0 saturated carbocycles. The second-order valence-electron chi connectivity index (χ2n) is 5.43. The van der Waals surface area contributed by atoms with E-state index in [9.17, 15) is 13.6 Å². The quantitative estimate of drug-likeness (QED) is 0.756. The van der Waals surface area contributed by atoms with Gasteiger partial charge in [-0.3, -0.25) is 4.90 Å². The first-order chi connectivity index (χ1) is 10.6. The van der Waals surface area contributed by atoms with Gasteiger partial charge in [-0.05, 0) is 30.5 Å². The van der Waals surface area contributed by atoms with E-state index >= 15 is 0 Å². The van der Waals surface area contributed by atoms with Crippen molar-refractivity contribution >= 4 is 5.97 Å². The molecule has 1 fully saturated rings. The van der Waals surface area contributed by atoms with E-state index in [4.69, 9.17) is 4.74 Å². The highest BCUT2D eigenvalue weighted by Gasteiger charge is 2.25. The molecule has 0 bridgehead atoms. The van der Waals surface area contributed by atoms with Crippen LogP contribution in [0.2, 0.25) is 0 Å². The highest BCUT2D eigenvalue weighted by Crippen LogP contribution is 2.16. The van der Waals surface area contributed by atoms with Crippen molar-refractivity contribution in [1.29, 1.82) is 0 Å². The van der Waals surface area contributed by atoms with Crippen LogP contribution in [0, 0.1) is 5.82 Å².